The van der Waals surface area contributed by atoms with Gasteiger partial charge in [0, 0.05) is 55.0 Å². The summed E-state index contributed by atoms with van der Waals surface area (Å²) >= 11 is 0. The van der Waals surface area contributed by atoms with Crippen molar-refractivity contribution in [1.29, 1.82) is 0 Å². The highest BCUT2D eigenvalue weighted by Crippen LogP contribution is 2.58. The van der Waals surface area contributed by atoms with E-state index in [0.717, 1.165) is 39.1 Å². The Morgan fingerprint density at radius 1 is 0.344 bits per heavy atom. The number of hydrogen-bond acceptors (Lipinski definition) is 3. The van der Waals surface area contributed by atoms with Crippen LogP contribution in [0.1, 0.15) is 36.8 Å². The van der Waals surface area contributed by atoms with Crippen LogP contribution in [0.2, 0.25) is 0 Å². The molecule has 0 bridgehead atoms. The van der Waals surface area contributed by atoms with E-state index >= 15 is 0 Å². The smallest absolute Gasteiger partial charge is 0.164 e. The number of hydrogen-bond donors (Lipinski definition) is 0. The first-order chi connectivity index (χ1) is 30.2. The molecule has 0 unspecified atom stereocenters. The zero-order chi connectivity index (χ0) is 40.1. The Bertz CT molecular complexity index is 3500. The maximum absolute atomic E-state index is 5.27. The van der Waals surface area contributed by atoms with Gasteiger partial charge in [-0.1, -0.05) is 146 Å². The van der Waals surface area contributed by atoms with Gasteiger partial charge in [0.05, 0.1) is 22.1 Å². The first-order valence-corrected chi connectivity index (χ1v) is 21.4. The summed E-state index contributed by atoms with van der Waals surface area (Å²) in [6.07, 6.45) is 4.93. The minimum atomic E-state index is 0.0806. The molecule has 0 saturated heterocycles. The number of aromatic nitrogens is 5. The van der Waals surface area contributed by atoms with Crippen molar-refractivity contribution in [2.45, 2.75) is 31.1 Å². The van der Waals surface area contributed by atoms with E-state index in [1.165, 1.54) is 80.5 Å². The zero-order valence-electron chi connectivity index (χ0n) is 33.5. The SMILES string of the molecule is c1ccc(-c2nc(-c3cccc(-n4c5ccccc5c5ccccc54)c3)nc(-c3cccc(-n4c5ccccc5c5cc6c(cc54)C4(CCCC4)c4ccccc4-6)c3)n2)cc1. The van der Waals surface area contributed by atoms with Gasteiger partial charge in [0.25, 0.3) is 0 Å². The monoisotopic (exact) mass is 781 g/mol. The zero-order valence-corrected chi connectivity index (χ0v) is 33.5. The highest BCUT2D eigenvalue weighted by molar-refractivity contribution is 6.12. The highest BCUT2D eigenvalue weighted by Gasteiger charge is 2.45. The maximum Gasteiger partial charge on any atom is 0.164 e. The number of benzene rings is 8. The van der Waals surface area contributed by atoms with Crippen molar-refractivity contribution in [2.24, 2.45) is 0 Å². The van der Waals surface area contributed by atoms with Gasteiger partial charge < -0.3 is 9.13 Å². The van der Waals surface area contributed by atoms with Crippen LogP contribution in [0.5, 0.6) is 0 Å². The average Bonchev–Trinajstić information content (AvgIpc) is 4.10. The van der Waals surface area contributed by atoms with Gasteiger partial charge in [-0.3, -0.25) is 0 Å². The lowest BCUT2D eigenvalue weighted by atomic mass is 9.76. The topological polar surface area (TPSA) is 48.5 Å². The van der Waals surface area contributed by atoms with Gasteiger partial charge in [0.2, 0.25) is 0 Å². The molecule has 11 aromatic rings. The van der Waals surface area contributed by atoms with Crippen LogP contribution in [0, 0.1) is 0 Å². The van der Waals surface area contributed by atoms with E-state index in [0.29, 0.717) is 17.5 Å². The van der Waals surface area contributed by atoms with E-state index in [4.69, 9.17) is 15.0 Å². The second-order valence-corrected chi connectivity index (χ2v) is 16.7. The predicted octanol–water partition coefficient (Wildman–Crippen LogP) is 13.9. The Hall–Kier alpha value is -7.63. The molecule has 8 aromatic carbocycles. The molecule has 5 nitrogen and oxygen atoms in total. The van der Waals surface area contributed by atoms with Crippen LogP contribution in [0.15, 0.2) is 188 Å². The molecule has 13 rings (SSSR count). The van der Waals surface area contributed by atoms with Crippen molar-refractivity contribution in [3.8, 4) is 56.7 Å². The predicted molar refractivity (Wildman–Crippen MR) is 249 cm³/mol. The lowest BCUT2D eigenvalue weighted by Crippen LogP contribution is -2.20. The van der Waals surface area contributed by atoms with Crippen LogP contribution in [0.25, 0.3) is 100 Å². The molecule has 61 heavy (non-hydrogen) atoms. The highest BCUT2D eigenvalue weighted by atomic mass is 15.0. The fraction of sp³-hybridized carbons (Fsp3) is 0.0893. The lowest BCUT2D eigenvalue weighted by molar-refractivity contribution is 0.550. The number of nitrogens with zero attached hydrogens (tertiary/aromatic N) is 5. The lowest BCUT2D eigenvalue weighted by Gasteiger charge is -2.26. The van der Waals surface area contributed by atoms with Gasteiger partial charge in [0.15, 0.2) is 17.5 Å². The largest absolute Gasteiger partial charge is 0.309 e. The van der Waals surface area contributed by atoms with E-state index in [1.54, 1.807) is 0 Å². The summed E-state index contributed by atoms with van der Waals surface area (Å²) in [6, 6.07) is 67.8. The summed E-state index contributed by atoms with van der Waals surface area (Å²) in [6.45, 7) is 0. The number of rotatable bonds is 5. The summed E-state index contributed by atoms with van der Waals surface area (Å²) in [5, 5.41) is 5.00. The molecule has 1 fully saturated rings. The van der Waals surface area contributed by atoms with E-state index < -0.39 is 0 Å². The van der Waals surface area contributed by atoms with E-state index in [9.17, 15) is 0 Å². The normalized spacial score (nSPS) is 14.1. The molecule has 3 heterocycles. The molecule has 0 atom stereocenters. The molecule has 0 amide bonds. The number of fused-ring (bicyclic) bond motifs is 11. The molecule has 2 aliphatic carbocycles. The summed E-state index contributed by atoms with van der Waals surface area (Å²) < 4.78 is 4.79. The average molecular weight is 782 g/mol. The summed E-state index contributed by atoms with van der Waals surface area (Å²) in [4.78, 5) is 15.6. The minimum Gasteiger partial charge on any atom is -0.309 e. The van der Waals surface area contributed by atoms with Gasteiger partial charge in [-0.2, -0.15) is 0 Å². The molecular weight excluding hydrogens is 743 g/mol. The van der Waals surface area contributed by atoms with Gasteiger partial charge >= 0.3 is 0 Å². The third-order valence-corrected chi connectivity index (χ3v) is 13.5. The van der Waals surface area contributed by atoms with E-state index in [2.05, 4.69) is 179 Å². The van der Waals surface area contributed by atoms with Gasteiger partial charge in [-0.25, -0.2) is 15.0 Å². The fourth-order valence-electron chi connectivity index (χ4n) is 10.8. The second kappa shape index (κ2) is 13.2. The third-order valence-electron chi connectivity index (χ3n) is 13.5. The van der Waals surface area contributed by atoms with E-state index in [-0.39, 0.29) is 5.41 Å². The Morgan fingerprint density at radius 2 is 0.820 bits per heavy atom. The molecule has 0 N–H and O–H groups in total. The molecule has 3 aromatic heterocycles. The van der Waals surface area contributed by atoms with Gasteiger partial charge in [0.1, 0.15) is 0 Å². The molecular formula is C56H39N5. The van der Waals surface area contributed by atoms with Crippen molar-refractivity contribution < 1.29 is 0 Å². The summed E-state index contributed by atoms with van der Waals surface area (Å²) in [7, 11) is 0. The van der Waals surface area contributed by atoms with Gasteiger partial charge in [-0.05, 0) is 89.7 Å². The number of para-hydroxylation sites is 3. The fourth-order valence-corrected chi connectivity index (χ4v) is 10.8. The van der Waals surface area contributed by atoms with Crippen LogP contribution in [-0.4, -0.2) is 24.1 Å². The molecule has 5 heteroatoms. The Kier molecular flexibility index (Phi) is 7.41. The molecule has 0 aliphatic heterocycles. The summed E-state index contributed by atoms with van der Waals surface area (Å²) in [5.74, 6) is 1.91. The quantitative estimate of drug-likeness (QED) is 0.175. The maximum atomic E-state index is 5.27. The van der Waals surface area contributed by atoms with E-state index in [1.807, 2.05) is 18.2 Å². The standard InChI is InChI=1S/C56H39N5/c1-2-16-36(17-3-1)53-57-54(37-18-14-20-39(32-37)60-49-27-9-5-23-42(49)43-24-6-10-28-50(43)60)59-55(58-53)38-19-15-21-40(33-38)61-51-29-11-7-25-44(51)46-34-45-41-22-4-8-26-47(41)56(30-12-13-31-56)48(45)35-52(46)61/h1-11,14-29,32-35H,12-13,30-31H2. The van der Waals surface area contributed by atoms with Crippen molar-refractivity contribution in [3.63, 3.8) is 0 Å². The first-order valence-electron chi connectivity index (χ1n) is 21.4. The van der Waals surface area contributed by atoms with Crippen LogP contribution >= 0.6 is 0 Å². The van der Waals surface area contributed by atoms with Crippen molar-refractivity contribution >= 4 is 43.6 Å². The Morgan fingerprint density at radius 3 is 1.43 bits per heavy atom. The Labute approximate surface area is 353 Å². The first kappa shape index (κ1) is 34.3. The third kappa shape index (κ3) is 5.10. The molecule has 1 saturated carbocycles. The molecule has 2 aliphatic rings. The van der Waals surface area contributed by atoms with Gasteiger partial charge in [-0.15, -0.1) is 0 Å². The Balaban J connectivity index is 0.986. The molecule has 1 spiro atoms. The van der Waals surface area contributed by atoms with Crippen LogP contribution < -0.4 is 0 Å². The van der Waals surface area contributed by atoms with Crippen molar-refractivity contribution in [3.05, 3.63) is 199 Å². The van der Waals surface area contributed by atoms with Crippen molar-refractivity contribution in [2.75, 3.05) is 0 Å². The molecule has 288 valence electrons. The van der Waals surface area contributed by atoms with Crippen molar-refractivity contribution in [1.82, 2.24) is 24.1 Å². The second-order valence-electron chi connectivity index (χ2n) is 16.7. The van der Waals surface area contributed by atoms with Crippen LogP contribution in [0.4, 0.5) is 0 Å². The minimum absolute atomic E-state index is 0.0806. The van der Waals surface area contributed by atoms with Crippen LogP contribution in [0.3, 0.4) is 0 Å². The molecule has 0 radical (unpaired) electrons. The van der Waals surface area contributed by atoms with Crippen LogP contribution in [-0.2, 0) is 5.41 Å². The summed E-state index contributed by atoms with van der Waals surface area (Å²) in [5.41, 5.74) is 15.6.